The molecule has 42 heavy (non-hydrogen) atoms. The van der Waals surface area contributed by atoms with Gasteiger partial charge in [0.05, 0.1) is 12.1 Å². The second-order valence-corrected chi connectivity index (χ2v) is 10.9. The molecule has 12 nitrogen and oxygen atoms in total. The Labute approximate surface area is 243 Å². The molecule has 9 N–H and O–H groups in total. The quantitative estimate of drug-likeness (QED) is 0.137. The SMILES string of the molecule is CC(C)CC(NC(=O)C(Cc1c[nH]c2ccccc12)NC(=O)C(N)Cc1ccc(O)cc1)C(=O)NC(C(=O)O)C(C)O. The van der Waals surface area contributed by atoms with Crippen molar-refractivity contribution in [3.63, 3.8) is 0 Å². The van der Waals surface area contributed by atoms with Gasteiger partial charge in [0.1, 0.15) is 17.8 Å². The number of benzene rings is 2. The third-order valence-corrected chi connectivity index (χ3v) is 6.85. The highest BCUT2D eigenvalue weighted by Crippen LogP contribution is 2.20. The zero-order valence-corrected chi connectivity index (χ0v) is 23.8. The number of carbonyl (C=O) groups is 4. The van der Waals surface area contributed by atoms with Gasteiger partial charge in [-0.05, 0) is 55.0 Å². The Morgan fingerprint density at radius 2 is 1.48 bits per heavy atom. The highest BCUT2D eigenvalue weighted by Gasteiger charge is 2.32. The summed E-state index contributed by atoms with van der Waals surface area (Å²) in [5.74, 6) is -3.42. The Balaban J connectivity index is 1.84. The molecule has 0 aliphatic carbocycles. The number of carboxylic acids is 1. The van der Waals surface area contributed by atoms with Crippen molar-refractivity contribution in [1.29, 1.82) is 0 Å². The average molecular weight is 582 g/mol. The molecule has 12 heteroatoms. The van der Waals surface area contributed by atoms with Gasteiger partial charge in [0, 0.05) is 23.5 Å². The molecule has 5 unspecified atom stereocenters. The van der Waals surface area contributed by atoms with Crippen molar-refractivity contribution >= 4 is 34.6 Å². The van der Waals surface area contributed by atoms with E-state index >= 15 is 0 Å². The van der Waals surface area contributed by atoms with Gasteiger partial charge in [-0.15, -0.1) is 0 Å². The first-order chi connectivity index (χ1) is 19.8. The lowest BCUT2D eigenvalue weighted by molar-refractivity contribution is -0.145. The number of aliphatic carboxylic acids is 1. The van der Waals surface area contributed by atoms with Crippen LogP contribution in [0.25, 0.3) is 10.9 Å². The molecular weight excluding hydrogens is 542 g/mol. The minimum Gasteiger partial charge on any atom is -0.508 e. The number of amides is 3. The molecule has 1 aromatic heterocycles. The van der Waals surface area contributed by atoms with Gasteiger partial charge in [0.25, 0.3) is 0 Å². The summed E-state index contributed by atoms with van der Waals surface area (Å²) < 4.78 is 0. The number of carbonyl (C=O) groups excluding carboxylic acids is 3. The number of aromatic nitrogens is 1. The van der Waals surface area contributed by atoms with Crippen LogP contribution in [0.5, 0.6) is 5.75 Å². The number of aromatic amines is 1. The number of phenols is 1. The fourth-order valence-corrected chi connectivity index (χ4v) is 4.60. The number of rotatable bonds is 14. The van der Waals surface area contributed by atoms with Crippen LogP contribution in [-0.2, 0) is 32.0 Å². The van der Waals surface area contributed by atoms with E-state index < -0.39 is 54.0 Å². The van der Waals surface area contributed by atoms with E-state index in [1.165, 1.54) is 19.1 Å². The van der Waals surface area contributed by atoms with Gasteiger partial charge in [0.15, 0.2) is 6.04 Å². The van der Waals surface area contributed by atoms with Gasteiger partial charge in [0.2, 0.25) is 17.7 Å². The van der Waals surface area contributed by atoms with Crippen molar-refractivity contribution in [3.8, 4) is 5.75 Å². The minimum absolute atomic E-state index is 0.0590. The van der Waals surface area contributed by atoms with Gasteiger partial charge < -0.3 is 42.0 Å². The first-order valence-electron chi connectivity index (χ1n) is 13.8. The predicted octanol–water partition coefficient (Wildman–Crippen LogP) is 0.952. The molecule has 0 saturated carbocycles. The fraction of sp³-hybridized carbons (Fsp3) is 0.400. The van der Waals surface area contributed by atoms with Gasteiger partial charge in [-0.1, -0.05) is 44.2 Å². The molecule has 5 atom stereocenters. The van der Waals surface area contributed by atoms with E-state index in [4.69, 9.17) is 5.73 Å². The van der Waals surface area contributed by atoms with Crippen LogP contribution in [0.2, 0.25) is 0 Å². The smallest absolute Gasteiger partial charge is 0.328 e. The summed E-state index contributed by atoms with van der Waals surface area (Å²) in [6.45, 7) is 4.91. The fourth-order valence-electron chi connectivity index (χ4n) is 4.60. The molecule has 1 heterocycles. The molecule has 0 aliphatic heterocycles. The maximum atomic E-state index is 13.7. The van der Waals surface area contributed by atoms with E-state index in [1.807, 2.05) is 38.1 Å². The van der Waals surface area contributed by atoms with Crippen molar-refractivity contribution in [1.82, 2.24) is 20.9 Å². The summed E-state index contributed by atoms with van der Waals surface area (Å²) in [5.41, 5.74) is 8.48. The number of H-pyrrole nitrogens is 1. The van der Waals surface area contributed by atoms with Crippen molar-refractivity contribution < 1.29 is 34.5 Å². The standard InChI is InChI=1S/C30H39N5O7/c1-16(2)12-24(29(40)35-26(17(3)36)30(41)42)34-28(39)25(14-19-15-32-23-7-5-4-6-21(19)23)33-27(38)22(31)13-18-8-10-20(37)11-9-18/h4-11,15-17,22,24-26,32,36-37H,12-14,31H2,1-3H3,(H,33,38)(H,34,39)(H,35,40)(H,41,42). The number of aromatic hydroxyl groups is 1. The van der Waals surface area contributed by atoms with Crippen LogP contribution in [0.15, 0.2) is 54.7 Å². The van der Waals surface area contributed by atoms with Crippen molar-refractivity contribution in [3.05, 3.63) is 65.9 Å². The van der Waals surface area contributed by atoms with Gasteiger partial charge >= 0.3 is 5.97 Å². The van der Waals surface area contributed by atoms with Crippen LogP contribution < -0.4 is 21.7 Å². The Morgan fingerprint density at radius 3 is 2.10 bits per heavy atom. The van der Waals surface area contributed by atoms with E-state index in [2.05, 4.69) is 20.9 Å². The molecular formula is C30H39N5O7. The molecule has 0 saturated heterocycles. The van der Waals surface area contributed by atoms with Crippen LogP contribution in [0.3, 0.4) is 0 Å². The van der Waals surface area contributed by atoms with E-state index in [-0.39, 0.29) is 30.9 Å². The van der Waals surface area contributed by atoms with Crippen LogP contribution >= 0.6 is 0 Å². The first-order valence-corrected chi connectivity index (χ1v) is 13.8. The Kier molecular flexibility index (Phi) is 11.1. The third-order valence-electron chi connectivity index (χ3n) is 6.85. The highest BCUT2D eigenvalue weighted by atomic mass is 16.4. The van der Waals surface area contributed by atoms with E-state index in [0.717, 1.165) is 16.5 Å². The Morgan fingerprint density at radius 1 is 0.857 bits per heavy atom. The number of hydrogen-bond acceptors (Lipinski definition) is 7. The number of nitrogens with two attached hydrogens (primary N) is 1. The Bertz CT molecular complexity index is 1390. The molecule has 226 valence electrons. The molecule has 0 fully saturated rings. The summed E-state index contributed by atoms with van der Waals surface area (Å²) in [4.78, 5) is 54.6. The summed E-state index contributed by atoms with van der Waals surface area (Å²) in [7, 11) is 0. The molecule has 0 spiro atoms. The average Bonchev–Trinajstić information content (AvgIpc) is 3.34. The molecule has 3 rings (SSSR count). The zero-order chi connectivity index (χ0) is 31.0. The summed E-state index contributed by atoms with van der Waals surface area (Å²) in [6, 6.07) is 8.90. The number of fused-ring (bicyclic) bond motifs is 1. The molecule has 3 aromatic rings. The lowest BCUT2D eigenvalue weighted by atomic mass is 9.99. The predicted molar refractivity (Wildman–Crippen MR) is 156 cm³/mol. The monoisotopic (exact) mass is 581 g/mol. The topological polar surface area (TPSA) is 207 Å². The summed E-state index contributed by atoms with van der Waals surface area (Å²) >= 11 is 0. The minimum atomic E-state index is -1.57. The number of aliphatic hydroxyl groups is 1. The second-order valence-electron chi connectivity index (χ2n) is 10.9. The maximum Gasteiger partial charge on any atom is 0.328 e. The molecule has 3 amide bonds. The molecule has 0 bridgehead atoms. The summed E-state index contributed by atoms with van der Waals surface area (Å²) in [5, 5.41) is 37.3. The zero-order valence-electron chi connectivity index (χ0n) is 23.8. The Hall–Kier alpha value is -4.42. The van der Waals surface area contributed by atoms with Gasteiger partial charge in [-0.2, -0.15) is 0 Å². The normalized spacial score (nSPS) is 14.9. The van der Waals surface area contributed by atoms with Crippen LogP contribution in [0.4, 0.5) is 0 Å². The lowest BCUT2D eigenvalue weighted by Crippen LogP contribution is -2.59. The molecule has 0 radical (unpaired) electrons. The lowest BCUT2D eigenvalue weighted by Gasteiger charge is -2.26. The molecule has 2 aromatic carbocycles. The number of nitrogens with one attached hydrogen (secondary N) is 4. The van der Waals surface area contributed by atoms with Crippen molar-refractivity contribution in [2.24, 2.45) is 11.7 Å². The largest absolute Gasteiger partial charge is 0.508 e. The first kappa shape index (κ1) is 32.1. The van der Waals surface area contributed by atoms with E-state index in [1.54, 1.807) is 18.3 Å². The van der Waals surface area contributed by atoms with Crippen molar-refractivity contribution in [2.75, 3.05) is 0 Å². The third kappa shape index (κ3) is 8.79. The van der Waals surface area contributed by atoms with Gasteiger partial charge in [-0.3, -0.25) is 14.4 Å². The van der Waals surface area contributed by atoms with Crippen LogP contribution in [-0.4, -0.2) is 74.3 Å². The number of para-hydroxylation sites is 1. The van der Waals surface area contributed by atoms with Crippen LogP contribution in [0, 0.1) is 5.92 Å². The van der Waals surface area contributed by atoms with E-state index in [9.17, 15) is 34.5 Å². The maximum absolute atomic E-state index is 13.7. The summed E-state index contributed by atoms with van der Waals surface area (Å²) in [6.07, 6.45) is 0.784. The van der Waals surface area contributed by atoms with Gasteiger partial charge in [-0.25, -0.2) is 4.79 Å². The molecule has 0 aliphatic rings. The van der Waals surface area contributed by atoms with Crippen molar-refractivity contribution in [2.45, 2.75) is 70.3 Å². The number of aliphatic hydroxyl groups excluding tert-OH is 1. The number of phenolic OH excluding ortho intramolecular Hbond substituents is 1. The number of carboxylic acid groups (broad SMARTS) is 1. The number of hydrogen-bond donors (Lipinski definition) is 8. The highest BCUT2D eigenvalue weighted by molar-refractivity contribution is 5.95. The van der Waals surface area contributed by atoms with E-state index in [0.29, 0.717) is 5.56 Å². The second kappa shape index (κ2) is 14.5. The van der Waals surface area contributed by atoms with Crippen LogP contribution in [0.1, 0.15) is 38.3 Å².